The molecule has 0 spiro atoms. The molecule has 4 heteroatoms. The highest BCUT2D eigenvalue weighted by molar-refractivity contribution is 5.77. The monoisotopic (exact) mass is 261 g/mol. The van der Waals surface area contributed by atoms with Crippen LogP contribution in [0.3, 0.4) is 0 Å². The number of hydrogen-bond donors (Lipinski definition) is 2. The van der Waals surface area contributed by atoms with Gasteiger partial charge in [0.15, 0.2) is 0 Å². The molecule has 0 aliphatic heterocycles. The summed E-state index contributed by atoms with van der Waals surface area (Å²) in [5.74, 6) is 0.0301. The van der Waals surface area contributed by atoms with Crippen LogP contribution in [0, 0.1) is 0 Å². The van der Waals surface area contributed by atoms with Gasteiger partial charge in [0.1, 0.15) is 0 Å². The number of nitrogens with two attached hydrogens (primary N) is 1. The van der Waals surface area contributed by atoms with Crippen LogP contribution < -0.4 is 11.1 Å². The average molecular weight is 261 g/mol. The van der Waals surface area contributed by atoms with Crippen LogP contribution in [-0.2, 0) is 4.79 Å². The molecule has 1 amide bonds. The Morgan fingerprint density at radius 1 is 1.42 bits per heavy atom. The minimum Gasteiger partial charge on any atom is -0.348 e. The normalized spacial score (nSPS) is 19.7. The summed E-state index contributed by atoms with van der Waals surface area (Å²) in [6.45, 7) is 1.95. The van der Waals surface area contributed by atoms with E-state index in [0.717, 1.165) is 31.4 Å². The third-order valence-corrected chi connectivity index (χ3v) is 3.87. The van der Waals surface area contributed by atoms with Gasteiger partial charge in [-0.3, -0.25) is 9.78 Å². The van der Waals surface area contributed by atoms with Crippen molar-refractivity contribution >= 4 is 5.91 Å². The largest absolute Gasteiger partial charge is 0.348 e. The van der Waals surface area contributed by atoms with Crippen LogP contribution in [0.4, 0.5) is 0 Å². The van der Waals surface area contributed by atoms with Crippen LogP contribution in [0.1, 0.15) is 57.2 Å². The Morgan fingerprint density at radius 2 is 2.16 bits per heavy atom. The number of hydrogen-bond acceptors (Lipinski definition) is 3. The minimum atomic E-state index is -0.299. The fourth-order valence-electron chi connectivity index (χ4n) is 2.75. The van der Waals surface area contributed by atoms with Crippen LogP contribution >= 0.6 is 0 Å². The quantitative estimate of drug-likeness (QED) is 0.874. The van der Waals surface area contributed by atoms with E-state index in [9.17, 15) is 4.79 Å². The van der Waals surface area contributed by atoms with Gasteiger partial charge in [-0.2, -0.15) is 0 Å². The van der Waals surface area contributed by atoms with Crippen molar-refractivity contribution in [3.05, 3.63) is 30.1 Å². The van der Waals surface area contributed by atoms with E-state index < -0.39 is 0 Å². The molecule has 1 heterocycles. The SMILES string of the molecule is C[C@H](NC(=O)CC1(N)CCCCC1)c1ccccn1. The summed E-state index contributed by atoms with van der Waals surface area (Å²) in [6, 6.07) is 5.65. The van der Waals surface area contributed by atoms with Crippen molar-refractivity contribution in [1.29, 1.82) is 0 Å². The molecule has 0 radical (unpaired) electrons. The van der Waals surface area contributed by atoms with Crippen LogP contribution in [0.2, 0.25) is 0 Å². The van der Waals surface area contributed by atoms with Gasteiger partial charge in [-0.15, -0.1) is 0 Å². The van der Waals surface area contributed by atoms with Gasteiger partial charge in [0.05, 0.1) is 11.7 Å². The van der Waals surface area contributed by atoms with Crippen molar-refractivity contribution in [3.8, 4) is 0 Å². The Labute approximate surface area is 114 Å². The molecular weight excluding hydrogens is 238 g/mol. The van der Waals surface area contributed by atoms with E-state index in [1.807, 2.05) is 25.1 Å². The highest BCUT2D eigenvalue weighted by Gasteiger charge is 2.30. The summed E-state index contributed by atoms with van der Waals surface area (Å²) in [4.78, 5) is 16.3. The van der Waals surface area contributed by atoms with Crippen LogP contribution in [0.15, 0.2) is 24.4 Å². The Bertz CT molecular complexity index is 413. The van der Waals surface area contributed by atoms with Crippen molar-refractivity contribution in [2.75, 3.05) is 0 Å². The van der Waals surface area contributed by atoms with Gasteiger partial charge in [0.2, 0.25) is 5.91 Å². The number of rotatable bonds is 4. The molecule has 104 valence electrons. The van der Waals surface area contributed by atoms with Crippen molar-refractivity contribution < 1.29 is 4.79 Å². The lowest BCUT2D eigenvalue weighted by molar-refractivity contribution is -0.123. The number of nitrogens with zero attached hydrogens (tertiary/aromatic N) is 1. The summed E-state index contributed by atoms with van der Waals surface area (Å²) in [5, 5.41) is 2.99. The standard InChI is InChI=1S/C15H23N3O/c1-12(13-7-3-6-10-17-13)18-14(19)11-15(16)8-4-2-5-9-15/h3,6-7,10,12H,2,4-5,8-9,11,16H2,1H3,(H,18,19)/t12-/m0/s1. The number of pyridine rings is 1. The molecule has 2 rings (SSSR count). The zero-order chi connectivity index (χ0) is 13.7. The van der Waals surface area contributed by atoms with Crippen molar-refractivity contribution in [2.24, 2.45) is 5.73 Å². The van der Waals surface area contributed by atoms with Crippen molar-refractivity contribution in [2.45, 2.75) is 57.0 Å². The third kappa shape index (κ3) is 4.03. The van der Waals surface area contributed by atoms with E-state index in [4.69, 9.17) is 5.73 Å². The van der Waals surface area contributed by atoms with E-state index >= 15 is 0 Å². The van der Waals surface area contributed by atoms with Gasteiger partial charge in [0, 0.05) is 18.2 Å². The van der Waals surface area contributed by atoms with Gasteiger partial charge in [-0.1, -0.05) is 25.3 Å². The van der Waals surface area contributed by atoms with E-state index in [0.29, 0.717) is 6.42 Å². The first-order chi connectivity index (χ1) is 9.09. The first-order valence-corrected chi connectivity index (χ1v) is 7.08. The molecule has 1 aliphatic rings. The highest BCUT2D eigenvalue weighted by Crippen LogP contribution is 2.28. The molecule has 1 atom stereocenters. The molecule has 4 nitrogen and oxygen atoms in total. The third-order valence-electron chi connectivity index (χ3n) is 3.87. The van der Waals surface area contributed by atoms with E-state index in [1.165, 1.54) is 6.42 Å². The first-order valence-electron chi connectivity index (χ1n) is 7.08. The molecule has 19 heavy (non-hydrogen) atoms. The van der Waals surface area contributed by atoms with Crippen LogP contribution in [-0.4, -0.2) is 16.4 Å². The number of nitrogens with one attached hydrogen (secondary N) is 1. The lowest BCUT2D eigenvalue weighted by Gasteiger charge is -2.33. The van der Waals surface area contributed by atoms with Gasteiger partial charge < -0.3 is 11.1 Å². The van der Waals surface area contributed by atoms with E-state index in [1.54, 1.807) is 6.20 Å². The maximum absolute atomic E-state index is 12.1. The lowest BCUT2D eigenvalue weighted by Crippen LogP contribution is -2.46. The van der Waals surface area contributed by atoms with E-state index in [-0.39, 0.29) is 17.5 Å². The maximum atomic E-state index is 12.1. The Morgan fingerprint density at radius 3 is 2.79 bits per heavy atom. The molecule has 1 fully saturated rings. The molecule has 0 bridgehead atoms. The topological polar surface area (TPSA) is 68.0 Å². The van der Waals surface area contributed by atoms with Crippen LogP contribution in [0.25, 0.3) is 0 Å². The second-order valence-electron chi connectivity index (χ2n) is 5.64. The Balaban J connectivity index is 1.87. The highest BCUT2D eigenvalue weighted by atomic mass is 16.1. The number of carbonyl (C=O) groups excluding carboxylic acids is 1. The van der Waals surface area contributed by atoms with Gasteiger partial charge in [0.25, 0.3) is 0 Å². The Hall–Kier alpha value is -1.42. The summed E-state index contributed by atoms with van der Waals surface area (Å²) < 4.78 is 0. The van der Waals surface area contributed by atoms with Gasteiger partial charge in [-0.05, 0) is 31.9 Å². The molecule has 1 aliphatic carbocycles. The van der Waals surface area contributed by atoms with Crippen LogP contribution in [0.5, 0.6) is 0 Å². The maximum Gasteiger partial charge on any atom is 0.222 e. The molecule has 3 N–H and O–H groups in total. The second-order valence-corrected chi connectivity index (χ2v) is 5.64. The Kier molecular flexibility index (Phi) is 4.53. The molecule has 1 aromatic heterocycles. The van der Waals surface area contributed by atoms with Crippen molar-refractivity contribution in [1.82, 2.24) is 10.3 Å². The van der Waals surface area contributed by atoms with Gasteiger partial charge >= 0.3 is 0 Å². The molecule has 0 unspecified atom stereocenters. The number of amides is 1. The first kappa shape index (κ1) is 14.0. The van der Waals surface area contributed by atoms with E-state index in [2.05, 4.69) is 10.3 Å². The smallest absolute Gasteiger partial charge is 0.222 e. The fraction of sp³-hybridized carbons (Fsp3) is 0.600. The zero-order valence-corrected chi connectivity index (χ0v) is 11.6. The molecule has 1 aromatic rings. The number of carbonyl (C=O) groups is 1. The number of aromatic nitrogens is 1. The lowest BCUT2D eigenvalue weighted by atomic mass is 9.80. The minimum absolute atomic E-state index is 0.0301. The summed E-state index contributed by atoms with van der Waals surface area (Å²) in [7, 11) is 0. The molecule has 0 aromatic carbocycles. The summed E-state index contributed by atoms with van der Waals surface area (Å²) >= 11 is 0. The summed E-state index contributed by atoms with van der Waals surface area (Å²) in [6.07, 6.45) is 7.59. The summed E-state index contributed by atoms with van der Waals surface area (Å²) in [5.41, 5.74) is 6.88. The molecular formula is C15H23N3O. The van der Waals surface area contributed by atoms with Gasteiger partial charge in [-0.25, -0.2) is 0 Å². The predicted molar refractivity (Wildman–Crippen MR) is 75.4 cm³/mol. The predicted octanol–water partition coefficient (Wildman–Crippen LogP) is 2.31. The average Bonchev–Trinajstić information content (AvgIpc) is 2.39. The van der Waals surface area contributed by atoms with Crippen molar-refractivity contribution in [3.63, 3.8) is 0 Å². The second kappa shape index (κ2) is 6.15. The zero-order valence-electron chi connectivity index (χ0n) is 11.6. The molecule has 1 saturated carbocycles. The molecule has 0 saturated heterocycles. The fourth-order valence-corrected chi connectivity index (χ4v) is 2.75.